The second-order valence-electron chi connectivity index (χ2n) is 4.42. The maximum atomic E-state index is 12.5. The summed E-state index contributed by atoms with van der Waals surface area (Å²) in [5.74, 6) is 0. The first kappa shape index (κ1) is 18.2. The van der Waals surface area contributed by atoms with Gasteiger partial charge < -0.3 is 10.2 Å². The molecular formula is C11H9F6NO4. The summed E-state index contributed by atoms with van der Waals surface area (Å²) in [7, 11) is 0. The Labute approximate surface area is 118 Å². The van der Waals surface area contributed by atoms with E-state index in [9.17, 15) is 41.6 Å². The zero-order valence-corrected chi connectivity index (χ0v) is 10.5. The lowest BCUT2D eigenvalue weighted by molar-refractivity contribution is -0.385. The van der Waals surface area contributed by atoms with Crippen LogP contribution in [0.15, 0.2) is 24.3 Å². The zero-order valence-electron chi connectivity index (χ0n) is 10.5. The van der Waals surface area contributed by atoms with Crippen LogP contribution < -0.4 is 0 Å². The molecule has 0 amide bonds. The van der Waals surface area contributed by atoms with E-state index in [1.54, 1.807) is 0 Å². The number of aliphatic hydroxyl groups excluding tert-OH is 1. The Bertz CT molecular complexity index is 525. The third-order valence-electron chi connectivity index (χ3n) is 2.92. The molecule has 11 heteroatoms. The van der Waals surface area contributed by atoms with Crippen LogP contribution in [0.4, 0.5) is 32.0 Å². The Morgan fingerprint density at radius 2 is 1.45 bits per heavy atom. The average molecular weight is 333 g/mol. The van der Waals surface area contributed by atoms with Gasteiger partial charge in [0.05, 0.1) is 11.0 Å². The van der Waals surface area contributed by atoms with Crippen molar-refractivity contribution < 1.29 is 41.5 Å². The summed E-state index contributed by atoms with van der Waals surface area (Å²) in [5, 5.41) is 28.8. The largest absolute Gasteiger partial charge is 0.426 e. The van der Waals surface area contributed by atoms with Crippen molar-refractivity contribution in [1.82, 2.24) is 0 Å². The molecule has 0 radical (unpaired) electrons. The van der Waals surface area contributed by atoms with Crippen LogP contribution in [0.1, 0.15) is 18.1 Å². The van der Waals surface area contributed by atoms with Crippen molar-refractivity contribution in [3.05, 3.63) is 39.9 Å². The van der Waals surface area contributed by atoms with Crippen molar-refractivity contribution in [1.29, 1.82) is 0 Å². The molecule has 124 valence electrons. The van der Waals surface area contributed by atoms with Gasteiger partial charge in [0, 0.05) is 18.6 Å². The van der Waals surface area contributed by atoms with E-state index in [-0.39, 0.29) is 0 Å². The van der Waals surface area contributed by atoms with E-state index in [1.807, 2.05) is 0 Å². The smallest absolute Gasteiger partial charge is 0.388 e. The standard InChI is InChI=1S/C11H9F6NO4/c12-10(13,14)9(20,11(15,16)17)5-8(19)6-1-3-7(4-2-6)18(21)22/h1-4,8,19-20H,5H2. The molecule has 1 atom stereocenters. The monoisotopic (exact) mass is 333 g/mol. The number of non-ortho nitro benzene ring substituents is 1. The Kier molecular flexibility index (Phi) is 4.73. The number of benzene rings is 1. The summed E-state index contributed by atoms with van der Waals surface area (Å²) in [6.07, 6.45) is -16.5. The molecule has 1 unspecified atom stereocenters. The summed E-state index contributed by atoms with van der Waals surface area (Å²) in [5.41, 5.74) is -5.99. The molecule has 1 aromatic rings. The third-order valence-corrected chi connectivity index (χ3v) is 2.92. The second kappa shape index (κ2) is 5.72. The van der Waals surface area contributed by atoms with Crippen LogP contribution in [-0.2, 0) is 0 Å². The maximum Gasteiger partial charge on any atom is 0.426 e. The van der Waals surface area contributed by atoms with Gasteiger partial charge in [-0.3, -0.25) is 10.1 Å². The van der Waals surface area contributed by atoms with Crippen molar-refractivity contribution in [3.63, 3.8) is 0 Å². The Balaban J connectivity index is 3.07. The van der Waals surface area contributed by atoms with Crippen molar-refractivity contribution >= 4 is 5.69 Å². The molecule has 22 heavy (non-hydrogen) atoms. The lowest BCUT2D eigenvalue weighted by Gasteiger charge is -2.33. The minimum atomic E-state index is -6.05. The number of hydrogen-bond acceptors (Lipinski definition) is 4. The van der Waals surface area contributed by atoms with Crippen LogP contribution in [0.5, 0.6) is 0 Å². The molecule has 1 rings (SSSR count). The summed E-state index contributed by atoms with van der Waals surface area (Å²) in [6, 6.07) is 3.21. The highest BCUT2D eigenvalue weighted by atomic mass is 19.4. The van der Waals surface area contributed by atoms with E-state index in [0.717, 1.165) is 24.3 Å². The number of hydrogen-bond donors (Lipinski definition) is 2. The number of aliphatic hydroxyl groups is 2. The van der Waals surface area contributed by atoms with Gasteiger partial charge >= 0.3 is 12.4 Å². The predicted molar refractivity (Wildman–Crippen MR) is 59.7 cm³/mol. The summed E-state index contributed by atoms with van der Waals surface area (Å²) < 4.78 is 74.9. The van der Waals surface area contributed by atoms with Crippen LogP contribution in [0.3, 0.4) is 0 Å². The molecule has 0 aromatic heterocycles. The van der Waals surface area contributed by atoms with Crippen molar-refractivity contribution in [2.24, 2.45) is 0 Å². The van der Waals surface area contributed by atoms with Gasteiger partial charge in [0.1, 0.15) is 0 Å². The predicted octanol–water partition coefficient (Wildman–Crippen LogP) is 2.87. The molecule has 0 aliphatic rings. The van der Waals surface area contributed by atoms with E-state index in [2.05, 4.69) is 0 Å². The lowest BCUT2D eigenvalue weighted by Crippen LogP contribution is -2.57. The van der Waals surface area contributed by atoms with Crippen LogP contribution in [0.2, 0.25) is 0 Å². The lowest BCUT2D eigenvalue weighted by atomic mass is 9.91. The van der Waals surface area contributed by atoms with E-state index in [1.165, 1.54) is 0 Å². The summed E-state index contributed by atoms with van der Waals surface area (Å²) in [4.78, 5) is 9.54. The van der Waals surface area contributed by atoms with E-state index < -0.39 is 46.7 Å². The van der Waals surface area contributed by atoms with E-state index in [4.69, 9.17) is 5.11 Å². The Morgan fingerprint density at radius 1 is 1.05 bits per heavy atom. The molecule has 0 fully saturated rings. The zero-order chi connectivity index (χ0) is 17.3. The highest BCUT2D eigenvalue weighted by Gasteiger charge is 2.70. The average Bonchev–Trinajstić information content (AvgIpc) is 2.36. The number of rotatable bonds is 4. The van der Waals surface area contributed by atoms with Gasteiger partial charge in [-0.2, -0.15) is 26.3 Å². The molecule has 0 saturated carbocycles. The number of halogens is 6. The van der Waals surface area contributed by atoms with Gasteiger partial charge in [-0.15, -0.1) is 0 Å². The minimum absolute atomic E-state index is 0.433. The molecule has 2 N–H and O–H groups in total. The molecule has 5 nitrogen and oxygen atoms in total. The molecule has 0 heterocycles. The highest BCUT2D eigenvalue weighted by Crippen LogP contribution is 2.47. The van der Waals surface area contributed by atoms with Crippen molar-refractivity contribution in [2.45, 2.75) is 30.5 Å². The van der Waals surface area contributed by atoms with E-state index in [0.29, 0.717) is 0 Å². The van der Waals surface area contributed by atoms with Gasteiger partial charge in [0.15, 0.2) is 0 Å². The number of alkyl halides is 6. The number of nitro benzene ring substituents is 1. The Morgan fingerprint density at radius 3 is 1.77 bits per heavy atom. The first-order chi connectivity index (χ1) is 9.79. The second-order valence-corrected chi connectivity index (χ2v) is 4.42. The number of nitrogens with zero attached hydrogens (tertiary/aromatic N) is 1. The van der Waals surface area contributed by atoms with Gasteiger partial charge in [0.25, 0.3) is 11.3 Å². The summed E-state index contributed by atoms with van der Waals surface area (Å²) in [6.45, 7) is 0. The topological polar surface area (TPSA) is 83.6 Å². The van der Waals surface area contributed by atoms with Gasteiger partial charge in [0.2, 0.25) is 0 Å². The first-order valence-corrected chi connectivity index (χ1v) is 5.58. The maximum absolute atomic E-state index is 12.5. The fourth-order valence-electron chi connectivity index (χ4n) is 1.61. The molecule has 0 saturated heterocycles. The van der Waals surface area contributed by atoms with Gasteiger partial charge in [-0.1, -0.05) is 0 Å². The van der Waals surface area contributed by atoms with Crippen LogP contribution in [0.25, 0.3) is 0 Å². The normalized spacial score (nSPS) is 14.7. The van der Waals surface area contributed by atoms with Crippen molar-refractivity contribution in [2.75, 3.05) is 0 Å². The molecule has 1 aromatic carbocycles. The van der Waals surface area contributed by atoms with Gasteiger partial charge in [-0.25, -0.2) is 0 Å². The third kappa shape index (κ3) is 3.47. The van der Waals surface area contributed by atoms with Gasteiger partial charge in [-0.05, 0) is 17.7 Å². The summed E-state index contributed by atoms with van der Waals surface area (Å²) >= 11 is 0. The number of nitro groups is 1. The van der Waals surface area contributed by atoms with E-state index >= 15 is 0 Å². The molecule has 0 spiro atoms. The fraction of sp³-hybridized carbons (Fsp3) is 0.455. The molecular weight excluding hydrogens is 324 g/mol. The molecule has 0 aliphatic heterocycles. The van der Waals surface area contributed by atoms with Crippen molar-refractivity contribution in [3.8, 4) is 0 Å². The fourth-order valence-corrected chi connectivity index (χ4v) is 1.61. The van der Waals surface area contributed by atoms with Crippen LogP contribution >= 0.6 is 0 Å². The minimum Gasteiger partial charge on any atom is -0.388 e. The first-order valence-electron chi connectivity index (χ1n) is 5.58. The SMILES string of the molecule is O=[N+]([O-])c1ccc(C(O)CC(O)(C(F)(F)F)C(F)(F)F)cc1. The quantitative estimate of drug-likeness (QED) is 0.504. The highest BCUT2D eigenvalue weighted by molar-refractivity contribution is 5.34. The molecule has 0 bridgehead atoms. The Hall–Kier alpha value is -1.88. The molecule has 0 aliphatic carbocycles. The van der Waals surface area contributed by atoms with Crippen LogP contribution in [0, 0.1) is 10.1 Å². The van der Waals surface area contributed by atoms with Crippen LogP contribution in [-0.4, -0.2) is 33.1 Å².